The van der Waals surface area contributed by atoms with Crippen LogP contribution in [-0.4, -0.2) is 45.3 Å². The van der Waals surface area contributed by atoms with E-state index in [-0.39, 0.29) is 52.4 Å². The molecule has 0 saturated heterocycles. The maximum Gasteiger partial charge on any atom is 0.325 e. The van der Waals surface area contributed by atoms with Gasteiger partial charge in [-0.3, -0.25) is 15.0 Å². The zero-order valence-electron chi connectivity index (χ0n) is 17.5. The molecule has 32 heavy (non-hydrogen) atoms. The van der Waals surface area contributed by atoms with Crippen LogP contribution >= 0.6 is 34.0 Å². The van der Waals surface area contributed by atoms with Gasteiger partial charge < -0.3 is 19.9 Å². The number of carbonyl (C=O) groups excluding carboxylic acids is 2. The molecule has 0 radical (unpaired) electrons. The molecule has 0 spiro atoms. The minimum atomic E-state index is -0.313. The number of allylic oxidation sites excluding steroid dienone is 2. The third-order valence-electron chi connectivity index (χ3n) is 3.69. The fraction of sp³-hybridized carbons (Fsp3) is 0.190. The van der Waals surface area contributed by atoms with E-state index in [0.717, 1.165) is 5.84 Å². The van der Waals surface area contributed by atoms with Crippen LogP contribution < -0.4 is 11.2 Å². The van der Waals surface area contributed by atoms with Crippen molar-refractivity contribution < 1.29 is 14.3 Å². The largest absolute Gasteiger partial charge is 0.465 e. The van der Waals surface area contributed by atoms with Crippen molar-refractivity contribution >= 4 is 57.5 Å². The first-order chi connectivity index (χ1) is 14.5. The van der Waals surface area contributed by atoms with E-state index in [1.54, 1.807) is 43.6 Å². The number of halogens is 2. The number of carbonyl (C=O) groups is 2. The van der Waals surface area contributed by atoms with Crippen LogP contribution in [0.25, 0.3) is 0 Å². The Kier molecular flexibility index (Phi) is 14.2. The van der Waals surface area contributed by atoms with Gasteiger partial charge in [-0.15, -0.1) is 34.0 Å². The number of rotatable bonds is 3. The molecule has 2 aliphatic rings. The van der Waals surface area contributed by atoms with E-state index in [1.807, 2.05) is 41.5 Å². The first kappa shape index (κ1) is 28.9. The summed E-state index contributed by atoms with van der Waals surface area (Å²) in [6, 6.07) is 10.6. The summed E-state index contributed by atoms with van der Waals surface area (Å²) in [4.78, 5) is 31.1. The summed E-state index contributed by atoms with van der Waals surface area (Å²) in [5.74, 6) is 0.952. The van der Waals surface area contributed by atoms with Crippen molar-refractivity contribution in [3.63, 3.8) is 0 Å². The number of nitrogen functional groups attached to an aromatic ring is 1. The summed E-state index contributed by atoms with van der Waals surface area (Å²) in [7, 11) is 0. The van der Waals surface area contributed by atoms with Crippen molar-refractivity contribution in [2.45, 2.75) is 13.5 Å². The second kappa shape index (κ2) is 15.7. The van der Waals surface area contributed by atoms with E-state index in [1.165, 1.54) is 4.57 Å². The molecule has 3 N–H and O–H groups in total. The normalized spacial score (nSPS) is 12.5. The number of esters is 1. The van der Waals surface area contributed by atoms with Crippen LogP contribution in [0.5, 0.6) is 0 Å². The molecule has 2 aliphatic heterocycles. The minimum Gasteiger partial charge on any atom is -0.465 e. The van der Waals surface area contributed by atoms with E-state index >= 15 is 0 Å². The second-order valence-corrected chi connectivity index (χ2v) is 5.97. The molecule has 0 bridgehead atoms. The second-order valence-electron chi connectivity index (χ2n) is 5.97. The van der Waals surface area contributed by atoms with Crippen LogP contribution in [-0.2, 0) is 20.9 Å². The van der Waals surface area contributed by atoms with E-state index < -0.39 is 0 Å². The van der Waals surface area contributed by atoms with Gasteiger partial charge in [-0.25, -0.2) is 4.98 Å². The van der Waals surface area contributed by atoms with Gasteiger partial charge in [-0.1, -0.05) is 18.2 Å². The summed E-state index contributed by atoms with van der Waals surface area (Å²) in [6.45, 7) is 2.64. The number of nitrogens with one attached hydrogen (secondary N) is 1. The molecular weight excluding hydrogens is 544 g/mol. The van der Waals surface area contributed by atoms with E-state index in [0.29, 0.717) is 24.5 Å². The Balaban J connectivity index is 0.000000454. The number of amidine groups is 1. The Morgan fingerprint density at radius 2 is 1.94 bits per heavy atom. The number of hydrogen-bond acceptors (Lipinski definition) is 7. The zero-order valence-corrected chi connectivity index (χ0v) is 20.9. The number of aliphatic imine (C=N–C) groups is 1. The Bertz CT molecular complexity index is 1010. The number of ether oxygens (including phenoxy) is 1. The Hall–Kier alpha value is -3.05. The number of pyridine rings is 2. The fourth-order valence-corrected chi connectivity index (χ4v) is 2.35. The monoisotopic (exact) mass is 568 g/mol. The summed E-state index contributed by atoms with van der Waals surface area (Å²) < 4.78 is 6.28. The van der Waals surface area contributed by atoms with Gasteiger partial charge in [0.15, 0.2) is 0 Å². The van der Waals surface area contributed by atoms with Crippen molar-refractivity contribution in [1.29, 1.82) is 5.41 Å². The van der Waals surface area contributed by atoms with Gasteiger partial charge in [0, 0.05) is 18.6 Å². The standard InChI is InChI=1S/C9H12N2O2.C7H6N2O.C5H6N2.2BrH/c1-2-13-9(12)7-11-6-4-3-5-8(11)10;10-7-5-9-4-2-1-3-6(9)8-7;6-5-3-1-2-4-7-5;;/h3-6,10H,2,7H2,1H3;1-4H,5H2;1-4H,(H2,6,7);2*1H. The van der Waals surface area contributed by atoms with Crippen molar-refractivity contribution in [2.75, 3.05) is 18.9 Å². The molecule has 4 rings (SSSR count). The number of anilines is 1. The van der Waals surface area contributed by atoms with E-state index in [9.17, 15) is 9.59 Å². The highest BCUT2D eigenvalue weighted by Crippen LogP contribution is 2.08. The molecule has 0 saturated carbocycles. The summed E-state index contributed by atoms with van der Waals surface area (Å²) in [6.07, 6.45) is 10.8. The summed E-state index contributed by atoms with van der Waals surface area (Å²) in [5.41, 5.74) is 5.55. The molecule has 0 atom stereocenters. The maximum absolute atomic E-state index is 11.0. The predicted octanol–water partition coefficient (Wildman–Crippen LogP) is 2.66. The average molecular weight is 570 g/mol. The number of amides is 1. The van der Waals surface area contributed by atoms with Gasteiger partial charge in [-0.2, -0.15) is 4.99 Å². The van der Waals surface area contributed by atoms with E-state index in [4.69, 9.17) is 15.9 Å². The molecule has 1 amide bonds. The molecule has 172 valence electrons. The first-order valence-electron chi connectivity index (χ1n) is 9.25. The lowest BCUT2D eigenvalue weighted by molar-refractivity contribution is -0.143. The molecule has 0 unspecified atom stereocenters. The molecule has 0 aromatic carbocycles. The lowest BCUT2D eigenvalue weighted by atomic mass is 10.3. The van der Waals surface area contributed by atoms with Crippen molar-refractivity contribution in [3.05, 3.63) is 78.7 Å². The van der Waals surface area contributed by atoms with Crippen molar-refractivity contribution in [1.82, 2.24) is 14.5 Å². The van der Waals surface area contributed by atoms with Crippen LogP contribution in [0.15, 0.2) is 78.2 Å². The quantitative estimate of drug-likeness (QED) is 0.547. The van der Waals surface area contributed by atoms with Crippen LogP contribution in [0.2, 0.25) is 0 Å². The highest BCUT2D eigenvalue weighted by molar-refractivity contribution is 8.93. The molecule has 0 fully saturated rings. The molecule has 0 aliphatic carbocycles. The third-order valence-corrected chi connectivity index (χ3v) is 3.69. The van der Waals surface area contributed by atoms with Crippen molar-refractivity contribution in [3.8, 4) is 0 Å². The number of nitrogens with zero attached hydrogens (tertiary/aromatic N) is 4. The Morgan fingerprint density at radius 3 is 2.50 bits per heavy atom. The Labute approximate surface area is 207 Å². The van der Waals surface area contributed by atoms with Gasteiger partial charge in [0.25, 0.3) is 5.91 Å². The molecule has 2 aromatic heterocycles. The van der Waals surface area contributed by atoms with Gasteiger partial charge in [0.2, 0.25) is 0 Å². The topological polar surface area (TPSA) is 127 Å². The average Bonchev–Trinajstić information content (AvgIpc) is 3.12. The number of aromatic nitrogens is 2. The first-order valence-corrected chi connectivity index (χ1v) is 9.25. The minimum absolute atomic E-state index is 0. The zero-order chi connectivity index (χ0) is 21.8. The SMILES string of the molecule is Br.Br.CCOC(=O)Cn1ccccc1=N.Nc1ccccn1.O=C1CN2C=CC=CC2=N1. The van der Waals surface area contributed by atoms with Crippen LogP contribution in [0.4, 0.5) is 5.82 Å². The third kappa shape index (κ3) is 10.3. The molecular formula is C21H26Br2N6O3. The predicted molar refractivity (Wildman–Crippen MR) is 134 cm³/mol. The Morgan fingerprint density at radius 1 is 1.19 bits per heavy atom. The lowest BCUT2D eigenvalue weighted by Crippen LogP contribution is -2.23. The highest BCUT2D eigenvalue weighted by Gasteiger charge is 2.19. The van der Waals surface area contributed by atoms with Gasteiger partial charge in [0.05, 0.1) is 6.61 Å². The van der Waals surface area contributed by atoms with E-state index in [2.05, 4.69) is 9.98 Å². The smallest absolute Gasteiger partial charge is 0.325 e. The summed E-state index contributed by atoms with van der Waals surface area (Å²) in [5, 5.41) is 7.45. The number of hydrogen-bond donors (Lipinski definition) is 2. The fourth-order valence-electron chi connectivity index (χ4n) is 2.35. The highest BCUT2D eigenvalue weighted by atomic mass is 79.9. The summed E-state index contributed by atoms with van der Waals surface area (Å²) >= 11 is 0. The van der Waals surface area contributed by atoms with Gasteiger partial charge >= 0.3 is 5.97 Å². The van der Waals surface area contributed by atoms with Gasteiger partial charge in [0.1, 0.15) is 30.2 Å². The maximum atomic E-state index is 11.0. The van der Waals surface area contributed by atoms with Crippen molar-refractivity contribution in [2.24, 2.45) is 4.99 Å². The number of nitrogens with two attached hydrogens (primary N) is 1. The number of fused-ring (bicyclic) bond motifs is 1. The van der Waals surface area contributed by atoms with Crippen LogP contribution in [0.1, 0.15) is 6.92 Å². The van der Waals surface area contributed by atoms with Crippen LogP contribution in [0, 0.1) is 5.41 Å². The lowest BCUT2D eigenvalue weighted by Gasteiger charge is -2.12. The molecule has 4 heterocycles. The molecule has 9 nitrogen and oxygen atoms in total. The van der Waals surface area contributed by atoms with Gasteiger partial charge in [-0.05, 0) is 43.3 Å². The molecule has 2 aromatic rings. The molecule has 11 heteroatoms. The van der Waals surface area contributed by atoms with Crippen LogP contribution in [0.3, 0.4) is 0 Å².